The molecular weight excluding hydrogens is 370 g/mol. The van der Waals surface area contributed by atoms with Crippen molar-refractivity contribution < 1.29 is 4.55 Å². The van der Waals surface area contributed by atoms with E-state index in [1.807, 2.05) is 26.8 Å². The van der Waals surface area contributed by atoms with Crippen LogP contribution < -0.4 is 15.4 Å². The van der Waals surface area contributed by atoms with E-state index in [1.165, 1.54) is 17.5 Å². The molecule has 3 N–H and O–H groups in total. The van der Waals surface area contributed by atoms with Crippen molar-refractivity contribution in [2.75, 3.05) is 23.7 Å². The minimum absolute atomic E-state index is 0.0830. The van der Waals surface area contributed by atoms with Crippen LogP contribution in [0.2, 0.25) is 0 Å². The molecule has 0 amide bonds. The van der Waals surface area contributed by atoms with Crippen LogP contribution >= 0.6 is 0 Å². The van der Waals surface area contributed by atoms with Gasteiger partial charge in [-0.25, -0.2) is 9.97 Å². The van der Waals surface area contributed by atoms with E-state index in [-0.39, 0.29) is 16.2 Å². The van der Waals surface area contributed by atoms with E-state index in [4.69, 9.17) is 5.73 Å². The number of rotatable bonds is 3. The highest BCUT2D eigenvalue weighted by molar-refractivity contribution is 7.90. The molecule has 1 saturated heterocycles. The van der Waals surface area contributed by atoms with Crippen LogP contribution in [0.3, 0.4) is 0 Å². The van der Waals surface area contributed by atoms with Gasteiger partial charge in [0.15, 0.2) is 0 Å². The van der Waals surface area contributed by atoms with Gasteiger partial charge < -0.3 is 15.2 Å². The number of nitrogens with one attached hydrogen (secondary N) is 1. The number of piperidine rings is 1. The molecule has 1 fully saturated rings. The molecule has 1 spiro atoms. The first-order chi connectivity index (χ1) is 13.3. The summed E-state index contributed by atoms with van der Waals surface area (Å²) in [7, 11) is 0. The van der Waals surface area contributed by atoms with Gasteiger partial charge in [-0.2, -0.15) is 0 Å². The van der Waals surface area contributed by atoms with Crippen LogP contribution in [0, 0.1) is 5.41 Å². The lowest BCUT2D eigenvalue weighted by atomic mass is 9.73. The zero-order valence-corrected chi connectivity index (χ0v) is 17.6. The van der Waals surface area contributed by atoms with Gasteiger partial charge in [0.05, 0.1) is 6.04 Å². The maximum Gasteiger partial charge on any atom is 0.136 e. The van der Waals surface area contributed by atoms with Crippen molar-refractivity contribution in [1.29, 1.82) is 0 Å². The van der Waals surface area contributed by atoms with Gasteiger partial charge in [0, 0.05) is 35.9 Å². The molecule has 6 nitrogen and oxygen atoms in total. The van der Waals surface area contributed by atoms with Crippen LogP contribution in [0.15, 0.2) is 36.7 Å². The average molecular weight is 400 g/mol. The summed E-state index contributed by atoms with van der Waals surface area (Å²) >= 11 is -1.11. The summed E-state index contributed by atoms with van der Waals surface area (Å²) in [6, 6.07) is 10.6. The molecular formula is C21H29N5OS. The molecule has 0 bridgehead atoms. The molecule has 150 valence electrons. The number of benzene rings is 1. The largest absolute Gasteiger partial charge is 0.598 e. The quantitative estimate of drug-likeness (QED) is 0.771. The highest BCUT2D eigenvalue weighted by atomic mass is 32.2. The first kappa shape index (κ1) is 19.5. The lowest BCUT2D eigenvalue weighted by Gasteiger charge is -2.44. The number of nitrogens with two attached hydrogens (primary N) is 1. The average Bonchev–Trinajstić information content (AvgIpc) is 2.95. The number of hydrogen-bond donors (Lipinski definition) is 2. The summed E-state index contributed by atoms with van der Waals surface area (Å²) in [6.07, 6.45) is 4.59. The normalized spacial score (nSPS) is 22.3. The SMILES string of the molecule is CC(C)(C)[S+]([O-])N[C@@H]1c2ccccc2CC12CCN(c1cc(N)ncn1)CC2. The topological polar surface area (TPSA) is 90.1 Å². The molecule has 2 heterocycles. The second-order valence-electron chi connectivity index (χ2n) is 8.96. The molecule has 1 aliphatic carbocycles. The van der Waals surface area contributed by atoms with E-state index < -0.39 is 11.4 Å². The molecule has 0 saturated carbocycles. The molecule has 1 aromatic heterocycles. The van der Waals surface area contributed by atoms with Crippen molar-refractivity contribution in [2.45, 2.75) is 50.8 Å². The van der Waals surface area contributed by atoms with E-state index in [0.717, 1.165) is 38.2 Å². The summed E-state index contributed by atoms with van der Waals surface area (Å²) in [5.41, 5.74) is 8.60. The zero-order chi connectivity index (χ0) is 19.9. The van der Waals surface area contributed by atoms with E-state index in [2.05, 4.69) is 43.9 Å². The summed E-state index contributed by atoms with van der Waals surface area (Å²) in [4.78, 5) is 10.7. The Balaban J connectivity index is 1.57. The number of anilines is 2. The van der Waals surface area contributed by atoms with Gasteiger partial charge in [-0.3, -0.25) is 0 Å². The van der Waals surface area contributed by atoms with Crippen molar-refractivity contribution in [1.82, 2.24) is 14.7 Å². The predicted octanol–water partition coefficient (Wildman–Crippen LogP) is 2.99. The van der Waals surface area contributed by atoms with E-state index in [0.29, 0.717) is 5.82 Å². The van der Waals surface area contributed by atoms with Crippen molar-refractivity contribution >= 4 is 23.0 Å². The molecule has 28 heavy (non-hydrogen) atoms. The Morgan fingerprint density at radius 3 is 2.61 bits per heavy atom. The third-order valence-corrected chi connectivity index (χ3v) is 7.62. The fourth-order valence-electron chi connectivity index (χ4n) is 4.44. The molecule has 2 atom stereocenters. The molecule has 1 aromatic carbocycles. The standard InChI is InChI=1S/C21H29N5OS/c1-20(2,3)28(27)25-19-16-7-5-4-6-15(16)13-21(19)8-10-26(11-9-21)18-12-17(22)23-14-24-18/h4-7,12,14,19,25H,8-11,13H2,1-3H3,(H2,22,23,24)/t19-,28?/m1/s1. The van der Waals surface area contributed by atoms with Crippen LogP contribution in [-0.2, 0) is 17.8 Å². The van der Waals surface area contributed by atoms with Crippen LogP contribution in [0.5, 0.6) is 0 Å². The zero-order valence-electron chi connectivity index (χ0n) is 16.8. The number of nitrogen functional groups attached to an aromatic ring is 1. The van der Waals surface area contributed by atoms with E-state index >= 15 is 0 Å². The fourth-order valence-corrected chi connectivity index (χ4v) is 5.39. The summed E-state index contributed by atoms with van der Waals surface area (Å²) < 4.78 is 16.2. The molecule has 2 aromatic rings. The van der Waals surface area contributed by atoms with Gasteiger partial charge in [-0.15, -0.1) is 4.72 Å². The van der Waals surface area contributed by atoms with Gasteiger partial charge in [-0.05, 0) is 51.2 Å². The molecule has 4 rings (SSSR count). The lowest BCUT2D eigenvalue weighted by Crippen LogP contribution is -2.49. The van der Waals surface area contributed by atoms with Gasteiger partial charge in [0.25, 0.3) is 0 Å². The maximum absolute atomic E-state index is 12.9. The van der Waals surface area contributed by atoms with E-state index in [1.54, 1.807) is 0 Å². The number of nitrogens with zero attached hydrogens (tertiary/aromatic N) is 3. The molecule has 2 aliphatic rings. The monoisotopic (exact) mass is 399 g/mol. The first-order valence-electron chi connectivity index (χ1n) is 9.87. The third-order valence-electron chi connectivity index (χ3n) is 6.06. The molecule has 7 heteroatoms. The highest BCUT2D eigenvalue weighted by Crippen LogP contribution is 2.52. The summed E-state index contributed by atoms with van der Waals surface area (Å²) in [6.45, 7) is 7.87. The molecule has 1 unspecified atom stereocenters. The Morgan fingerprint density at radius 2 is 1.93 bits per heavy atom. The smallest absolute Gasteiger partial charge is 0.136 e. The van der Waals surface area contributed by atoms with Crippen LogP contribution in [0.1, 0.15) is 50.8 Å². The molecule has 1 aliphatic heterocycles. The number of fused-ring (bicyclic) bond motifs is 1. The number of aromatic nitrogens is 2. The minimum atomic E-state index is -1.11. The lowest BCUT2D eigenvalue weighted by molar-refractivity contribution is 0.176. The van der Waals surface area contributed by atoms with Crippen molar-refractivity contribution in [3.63, 3.8) is 0 Å². The highest BCUT2D eigenvalue weighted by Gasteiger charge is 2.50. The minimum Gasteiger partial charge on any atom is -0.598 e. The maximum atomic E-state index is 12.9. The Kier molecular flexibility index (Phi) is 5.02. The van der Waals surface area contributed by atoms with Crippen LogP contribution in [0.4, 0.5) is 11.6 Å². The Bertz CT molecular complexity index is 845. The first-order valence-corrected chi connectivity index (χ1v) is 11.0. The van der Waals surface area contributed by atoms with Crippen molar-refractivity contribution in [3.8, 4) is 0 Å². The van der Waals surface area contributed by atoms with Gasteiger partial charge in [0.1, 0.15) is 22.7 Å². The van der Waals surface area contributed by atoms with Crippen molar-refractivity contribution in [3.05, 3.63) is 47.8 Å². The summed E-state index contributed by atoms with van der Waals surface area (Å²) in [5, 5.41) is 0. The Morgan fingerprint density at radius 1 is 1.21 bits per heavy atom. The third kappa shape index (κ3) is 3.58. The van der Waals surface area contributed by atoms with Crippen molar-refractivity contribution in [2.24, 2.45) is 5.41 Å². The van der Waals surface area contributed by atoms with Crippen LogP contribution in [0.25, 0.3) is 0 Å². The van der Waals surface area contributed by atoms with E-state index in [9.17, 15) is 4.55 Å². The fraction of sp³-hybridized carbons (Fsp3) is 0.524. The van der Waals surface area contributed by atoms with Gasteiger partial charge in [-0.1, -0.05) is 24.3 Å². The Hall–Kier alpha value is -1.83. The second-order valence-corrected chi connectivity index (χ2v) is 11.0. The molecule has 0 radical (unpaired) electrons. The van der Waals surface area contributed by atoms with Gasteiger partial charge in [0.2, 0.25) is 0 Å². The number of hydrogen-bond acceptors (Lipinski definition) is 6. The van der Waals surface area contributed by atoms with Gasteiger partial charge >= 0.3 is 0 Å². The second kappa shape index (κ2) is 7.21. The van der Waals surface area contributed by atoms with Crippen LogP contribution in [-0.4, -0.2) is 32.4 Å². The Labute approximate surface area is 170 Å². The predicted molar refractivity (Wildman–Crippen MR) is 114 cm³/mol. The summed E-state index contributed by atoms with van der Waals surface area (Å²) in [5.74, 6) is 1.39.